The van der Waals surface area contributed by atoms with E-state index in [9.17, 15) is 9.90 Å². The number of unbranched alkanes of at least 4 members (excludes halogenated alkanes) is 1. The Labute approximate surface area is 104 Å². The number of carbonyl (C=O) groups excluding carboxylic acids is 1. The molecule has 1 aromatic rings. The lowest BCUT2D eigenvalue weighted by atomic mass is 9.95. The number of aryl methyl sites for hydroxylation is 1. The first-order valence-corrected chi connectivity index (χ1v) is 6.48. The molecule has 1 atom stereocenters. The average Bonchev–Trinajstić information content (AvgIpc) is 2.34. The standard InChI is InChI=1S/C15H22O2/c1-2-3-11-14(15(16)17)12-7-10-13-8-5-4-6-9-13/h4-6,8-9,14H,2-3,7,10-12H2,1H3,(H,16,17)/p-1. The van der Waals surface area contributed by atoms with E-state index < -0.39 is 5.97 Å². The van der Waals surface area contributed by atoms with Crippen LogP contribution in [0.15, 0.2) is 30.3 Å². The summed E-state index contributed by atoms with van der Waals surface area (Å²) in [5.74, 6) is -1.15. The van der Waals surface area contributed by atoms with Crippen molar-refractivity contribution in [3.63, 3.8) is 0 Å². The number of aliphatic carboxylic acids is 1. The molecule has 0 aliphatic carbocycles. The Morgan fingerprint density at radius 2 is 1.82 bits per heavy atom. The normalized spacial score (nSPS) is 12.3. The molecular formula is C15H21O2-. The summed E-state index contributed by atoms with van der Waals surface area (Å²) >= 11 is 0. The molecule has 0 aromatic heterocycles. The number of hydrogen-bond acceptors (Lipinski definition) is 2. The summed E-state index contributed by atoms with van der Waals surface area (Å²) in [4.78, 5) is 10.9. The summed E-state index contributed by atoms with van der Waals surface area (Å²) in [5.41, 5.74) is 1.28. The molecule has 17 heavy (non-hydrogen) atoms. The fraction of sp³-hybridized carbons (Fsp3) is 0.533. The second-order valence-corrected chi connectivity index (χ2v) is 4.54. The van der Waals surface area contributed by atoms with Crippen LogP contribution in [0.3, 0.4) is 0 Å². The van der Waals surface area contributed by atoms with Crippen LogP contribution in [-0.2, 0) is 11.2 Å². The molecule has 1 aromatic carbocycles. The van der Waals surface area contributed by atoms with Crippen LogP contribution in [0.25, 0.3) is 0 Å². The van der Waals surface area contributed by atoms with Crippen molar-refractivity contribution in [1.29, 1.82) is 0 Å². The minimum absolute atomic E-state index is 0.265. The van der Waals surface area contributed by atoms with Gasteiger partial charge in [-0.3, -0.25) is 0 Å². The zero-order chi connectivity index (χ0) is 12.5. The highest BCUT2D eigenvalue weighted by Gasteiger charge is 2.08. The van der Waals surface area contributed by atoms with Crippen LogP contribution in [0.1, 0.15) is 44.6 Å². The lowest BCUT2D eigenvalue weighted by molar-refractivity contribution is -0.312. The van der Waals surface area contributed by atoms with Crippen LogP contribution in [0.5, 0.6) is 0 Å². The predicted octanol–water partition coefficient (Wildman–Crippen LogP) is 2.57. The molecular weight excluding hydrogens is 212 g/mol. The number of carboxylic acids is 1. The Kier molecular flexibility index (Phi) is 6.38. The highest BCUT2D eigenvalue weighted by atomic mass is 16.4. The van der Waals surface area contributed by atoms with Crippen LogP contribution in [0, 0.1) is 5.92 Å². The first-order valence-electron chi connectivity index (χ1n) is 6.48. The zero-order valence-electron chi connectivity index (χ0n) is 10.5. The van der Waals surface area contributed by atoms with Gasteiger partial charge in [-0.05, 0) is 37.2 Å². The van der Waals surface area contributed by atoms with Gasteiger partial charge in [0.2, 0.25) is 0 Å². The van der Waals surface area contributed by atoms with E-state index >= 15 is 0 Å². The minimum atomic E-state index is -0.883. The van der Waals surface area contributed by atoms with Crippen molar-refractivity contribution in [1.82, 2.24) is 0 Å². The Bertz CT molecular complexity index is 319. The van der Waals surface area contributed by atoms with Gasteiger partial charge in [-0.2, -0.15) is 0 Å². The van der Waals surface area contributed by atoms with Gasteiger partial charge >= 0.3 is 0 Å². The van der Waals surface area contributed by atoms with Crippen molar-refractivity contribution in [3.05, 3.63) is 35.9 Å². The number of hydrogen-bond donors (Lipinski definition) is 0. The monoisotopic (exact) mass is 233 g/mol. The molecule has 0 amide bonds. The van der Waals surface area contributed by atoms with E-state index in [-0.39, 0.29) is 5.92 Å². The van der Waals surface area contributed by atoms with Crippen LogP contribution in [0.4, 0.5) is 0 Å². The Morgan fingerprint density at radius 3 is 2.41 bits per heavy atom. The molecule has 0 saturated carbocycles. The summed E-state index contributed by atoms with van der Waals surface area (Å²) in [6, 6.07) is 10.2. The van der Waals surface area contributed by atoms with Gasteiger partial charge in [-0.1, -0.05) is 50.1 Å². The summed E-state index contributed by atoms with van der Waals surface area (Å²) in [7, 11) is 0. The van der Waals surface area contributed by atoms with Crippen molar-refractivity contribution in [3.8, 4) is 0 Å². The zero-order valence-corrected chi connectivity index (χ0v) is 10.5. The first kappa shape index (κ1) is 13.8. The molecule has 0 N–H and O–H groups in total. The predicted molar refractivity (Wildman–Crippen MR) is 67.4 cm³/mol. The van der Waals surface area contributed by atoms with E-state index in [0.717, 1.165) is 38.5 Å². The van der Waals surface area contributed by atoms with Crippen molar-refractivity contribution in [2.75, 3.05) is 0 Å². The lowest BCUT2D eigenvalue weighted by Gasteiger charge is -2.17. The number of benzene rings is 1. The Balaban J connectivity index is 2.29. The fourth-order valence-electron chi connectivity index (χ4n) is 2.03. The van der Waals surface area contributed by atoms with E-state index in [0.29, 0.717) is 0 Å². The van der Waals surface area contributed by atoms with Gasteiger partial charge in [0, 0.05) is 5.97 Å². The van der Waals surface area contributed by atoms with Gasteiger partial charge in [0.1, 0.15) is 0 Å². The van der Waals surface area contributed by atoms with Crippen molar-refractivity contribution >= 4 is 5.97 Å². The highest BCUT2D eigenvalue weighted by Crippen LogP contribution is 2.16. The number of rotatable bonds is 8. The first-order chi connectivity index (χ1) is 8.24. The summed E-state index contributed by atoms with van der Waals surface area (Å²) in [5, 5.41) is 10.9. The fourth-order valence-corrected chi connectivity index (χ4v) is 2.03. The molecule has 0 radical (unpaired) electrons. The van der Waals surface area contributed by atoms with Crippen molar-refractivity contribution < 1.29 is 9.90 Å². The van der Waals surface area contributed by atoms with E-state index in [1.807, 2.05) is 18.2 Å². The molecule has 1 rings (SSSR count). The third-order valence-corrected chi connectivity index (χ3v) is 3.10. The van der Waals surface area contributed by atoms with E-state index in [1.165, 1.54) is 5.56 Å². The molecule has 0 aliphatic rings. The van der Waals surface area contributed by atoms with Gasteiger partial charge < -0.3 is 9.90 Å². The molecule has 2 heteroatoms. The Morgan fingerprint density at radius 1 is 1.18 bits per heavy atom. The average molecular weight is 233 g/mol. The summed E-state index contributed by atoms with van der Waals surface area (Å²) in [6.45, 7) is 2.08. The Hall–Kier alpha value is -1.31. The molecule has 0 saturated heterocycles. The molecule has 2 nitrogen and oxygen atoms in total. The SMILES string of the molecule is CCCCC(CCCc1ccccc1)C(=O)[O-]. The number of carbonyl (C=O) groups is 1. The topological polar surface area (TPSA) is 40.1 Å². The lowest BCUT2D eigenvalue weighted by Crippen LogP contribution is -2.31. The quantitative estimate of drug-likeness (QED) is 0.692. The highest BCUT2D eigenvalue weighted by molar-refractivity contribution is 5.67. The molecule has 0 spiro atoms. The third-order valence-electron chi connectivity index (χ3n) is 3.10. The number of carboxylic acid groups (broad SMARTS) is 1. The van der Waals surface area contributed by atoms with E-state index in [2.05, 4.69) is 19.1 Å². The maximum Gasteiger partial charge on any atom is 0.0445 e. The molecule has 0 aliphatic heterocycles. The van der Waals surface area contributed by atoms with Crippen molar-refractivity contribution in [2.24, 2.45) is 5.92 Å². The van der Waals surface area contributed by atoms with Crippen LogP contribution < -0.4 is 5.11 Å². The summed E-state index contributed by atoms with van der Waals surface area (Å²) in [6.07, 6.45) is 5.39. The maximum atomic E-state index is 10.9. The largest absolute Gasteiger partial charge is 0.550 e. The molecule has 0 fully saturated rings. The van der Waals surface area contributed by atoms with Gasteiger partial charge in [0.05, 0.1) is 0 Å². The van der Waals surface area contributed by atoms with Gasteiger partial charge in [0.25, 0.3) is 0 Å². The van der Waals surface area contributed by atoms with Gasteiger partial charge in [0.15, 0.2) is 0 Å². The molecule has 0 bridgehead atoms. The second-order valence-electron chi connectivity index (χ2n) is 4.54. The maximum absolute atomic E-state index is 10.9. The molecule has 94 valence electrons. The van der Waals surface area contributed by atoms with Crippen molar-refractivity contribution in [2.45, 2.75) is 45.4 Å². The third kappa shape index (κ3) is 5.53. The molecule has 1 unspecified atom stereocenters. The minimum Gasteiger partial charge on any atom is -0.550 e. The van der Waals surface area contributed by atoms with Gasteiger partial charge in [-0.15, -0.1) is 0 Å². The smallest absolute Gasteiger partial charge is 0.0445 e. The van der Waals surface area contributed by atoms with Crippen LogP contribution in [0.2, 0.25) is 0 Å². The van der Waals surface area contributed by atoms with Gasteiger partial charge in [-0.25, -0.2) is 0 Å². The second kappa shape index (κ2) is 7.88. The molecule has 0 heterocycles. The van der Waals surface area contributed by atoms with Crippen LogP contribution in [-0.4, -0.2) is 5.97 Å². The van der Waals surface area contributed by atoms with E-state index in [1.54, 1.807) is 0 Å². The summed E-state index contributed by atoms with van der Waals surface area (Å²) < 4.78 is 0. The van der Waals surface area contributed by atoms with Crippen LogP contribution >= 0.6 is 0 Å². The van der Waals surface area contributed by atoms with E-state index in [4.69, 9.17) is 0 Å².